The molecule has 4 atom stereocenters. The molecule has 0 unspecified atom stereocenters. The highest BCUT2D eigenvalue weighted by molar-refractivity contribution is 6.22. The average molecular weight is 364 g/mol. The summed E-state index contributed by atoms with van der Waals surface area (Å²) in [7, 11) is 1.99. The standard InChI is InChI=1S/C22H24N2O3/c1-13(2)19-17-18(20(23(19)3)14-9-11-16(25)12-10-14)22(27)24(21(17)26)15-7-5-4-6-8-15/h4-13,17-20,25H,1-3H3/t17-,18+,19+,20+/m1/s1. The van der Waals surface area contributed by atoms with E-state index in [1.165, 1.54) is 4.90 Å². The van der Waals surface area contributed by atoms with Crippen molar-refractivity contribution in [3.05, 3.63) is 60.2 Å². The smallest absolute Gasteiger partial charge is 0.239 e. The van der Waals surface area contributed by atoms with E-state index in [2.05, 4.69) is 18.7 Å². The lowest BCUT2D eigenvalue weighted by atomic mass is 9.83. The van der Waals surface area contributed by atoms with E-state index in [0.717, 1.165) is 5.56 Å². The van der Waals surface area contributed by atoms with Crippen LogP contribution < -0.4 is 4.90 Å². The Morgan fingerprint density at radius 2 is 1.48 bits per heavy atom. The Morgan fingerprint density at radius 1 is 0.889 bits per heavy atom. The van der Waals surface area contributed by atoms with Gasteiger partial charge in [0, 0.05) is 12.1 Å². The Balaban J connectivity index is 1.80. The summed E-state index contributed by atoms with van der Waals surface area (Å²) in [4.78, 5) is 30.3. The van der Waals surface area contributed by atoms with Gasteiger partial charge in [-0.25, -0.2) is 4.90 Å². The van der Waals surface area contributed by atoms with Crippen molar-refractivity contribution >= 4 is 17.5 Å². The van der Waals surface area contributed by atoms with E-state index in [-0.39, 0.29) is 41.5 Å². The highest BCUT2D eigenvalue weighted by Gasteiger charge is 2.62. The van der Waals surface area contributed by atoms with E-state index in [4.69, 9.17) is 0 Å². The Bertz CT molecular complexity index is 863. The van der Waals surface area contributed by atoms with E-state index in [9.17, 15) is 14.7 Å². The van der Waals surface area contributed by atoms with Gasteiger partial charge in [-0.2, -0.15) is 0 Å². The van der Waals surface area contributed by atoms with Crippen LogP contribution in [0.15, 0.2) is 54.6 Å². The van der Waals surface area contributed by atoms with Crippen molar-refractivity contribution < 1.29 is 14.7 Å². The van der Waals surface area contributed by atoms with Crippen LogP contribution in [-0.4, -0.2) is 34.9 Å². The number of hydrogen-bond acceptors (Lipinski definition) is 4. The molecule has 2 aliphatic rings. The Morgan fingerprint density at radius 3 is 2.07 bits per heavy atom. The van der Waals surface area contributed by atoms with Crippen molar-refractivity contribution in [2.75, 3.05) is 11.9 Å². The third kappa shape index (κ3) is 2.65. The lowest BCUT2D eigenvalue weighted by Crippen LogP contribution is -2.42. The van der Waals surface area contributed by atoms with Gasteiger partial charge in [0.1, 0.15) is 5.75 Å². The summed E-state index contributed by atoms with van der Waals surface area (Å²) in [6, 6.07) is 15.9. The lowest BCUT2D eigenvalue weighted by Gasteiger charge is -2.32. The number of anilines is 1. The van der Waals surface area contributed by atoms with Crippen molar-refractivity contribution in [1.29, 1.82) is 0 Å². The molecule has 140 valence electrons. The number of imide groups is 1. The largest absolute Gasteiger partial charge is 0.508 e. The molecule has 2 aromatic carbocycles. The highest BCUT2D eigenvalue weighted by atomic mass is 16.3. The number of amides is 2. The summed E-state index contributed by atoms with van der Waals surface area (Å²) < 4.78 is 0. The zero-order chi connectivity index (χ0) is 19.3. The van der Waals surface area contributed by atoms with E-state index in [0.29, 0.717) is 5.69 Å². The normalized spacial score (nSPS) is 28.2. The van der Waals surface area contributed by atoms with Gasteiger partial charge in [-0.15, -0.1) is 0 Å². The Hall–Kier alpha value is -2.66. The predicted octanol–water partition coefficient (Wildman–Crippen LogP) is 3.21. The number of carbonyl (C=O) groups excluding carboxylic acids is 2. The second-order valence-corrected chi connectivity index (χ2v) is 7.84. The molecule has 1 N–H and O–H groups in total. The molecule has 0 radical (unpaired) electrons. The number of nitrogens with zero attached hydrogens (tertiary/aromatic N) is 2. The molecule has 2 fully saturated rings. The van der Waals surface area contributed by atoms with Gasteiger partial charge in [0.05, 0.1) is 17.5 Å². The number of para-hydroxylation sites is 1. The first-order valence-electron chi connectivity index (χ1n) is 9.35. The van der Waals surface area contributed by atoms with Crippen LogP contribution in [0.3, 0.4) is 0 Å². The van der Waals surface area contributed by atoms with E-state index < -0.39 is 5.92 Å². The zero-order valence-corrected chi connectivity index (χ0v) is 15.7. The molecule has 2 aromatic rings. The summed E-state index contributed by atoms with van der Waals surface area (Å²) in [6.45, 7) is 4.20. The summed E-state index contributed by atoms with van der Waals surface area (Å²) in [5.74, 6) is -0.596. The molecule has 27 heavy (non-hydrogen) atoms. The second kappa shape index (κ2) is 6.50. The topological polar surface area (TPSA) is 60.9 Å². The Labute approximate surface area is 159 Å². The van der Waals surface area contributed by atoms with Crippen LogP contribution in [0.1, 0.15) is 25.5 Å². The number of benzene rings is 2. The van der Waals surface area contributed by atoms with Crippen LogP contribution in [0.5, 0.6) is 5.75 Å². The van der Waals surface area contributed by atoms with Crippen LogP contribution in [0.4, 0.5) is 5.69 Å². The van der Waals surface area contributed by atoms with E-state index in [1.807, 2.05) is 37.4 Å². The third-order valence-electron chi connectivity index (χ3n) is 5.95. The van der Waals surface area contributed by atoms with Crippen LogP contribution in [0.25, 0.3) is 0 Å². The first kappa shape index (κ1) is 17.7. The third-order valence-corrected chi connectivity index (χ3v) is 5.95. The number of fused-ring (bicyclic) bond motifs is 1. The van der Waals surface area contributed by atoms with Gasteiger partial charge >= 0.3 is 0 Å². The molecule has 2 heterocycles. The quantitative estimate of drug-likeness (QED) is 0.850. The molecule has 0 spiro atoms. The molecule has 4 rings (SSSR count). The molecule has 0 bridgehead atoms. The van der Waals surface area contributed by atoms with Gasteiger partial charge in [0.2, 0.25) is 11.8 Å². The number of phenols is 1. The predicted molar refractivity (Wildman–Crippen MR) is 103 cm³/mol. The summed E-state index contributed by atoms with van der Waals surface area (Å²) in [5, 5.41) is 9.63. The molecule has 5 nitrogen and oxygen atoms in total. The number of rotatable bonds is 3. The minimum atomic E-state index is -0.417. The summed E-state index contributed by atoms with van der Waals surface area (Å²) >= 11 is 0. The van der Waals surface area contributed by atoms with Crippen molar-refractivity contribution in [3.8, 4) is 5.75 Å². The molecule has 0 saturated carbocycles. The molecule has 2 saturated heterocycles. The van der Waals surface area contributed by atoms with Crippen LogP contribution >= 0.6 is 0 Å². The SMILES string of the molecule is CC(C)[C@H]1[C@@H]2C(=O)N(c3ccccc3)C(=O)[C@@H]2[C@H](c2ccc(O)cc2)N1C. The van der Waals surface area contributed by atoms with Gasteiger partial charge < -0.3 is 5.11 Å². The molecule has 0 aliphatic carbocycles. The number of hydrogen-bond donors (Lipinski definition) is 1. The first-order chi connectivity index (χ1) is 12.9. The van der Waals surface area contributed by atoms with E-state index >= 15 is 0 Å². The van der Waals surface area contributed by atoms with Crippen molar-refractivity contribution in [2.45, 2.75) is 25.9 Å². The van der Waals surface area contributed by atoms with E-state index in [1.54, 1.807) is 24.3 Å². The Kier molecular flexibility index (Phi) is 4.27. The fraction of sp³-hybridized carbons (Fsp3) is 0.364. The zero-order valence-electron chi connectivity index (χ0n) is 15.7. The van der Waals surface area contributed by atoms with Gasteiger partial charge in [0.15, 0.2) is 0 Å². The number of aromatic hydroxyl groups is 1. The monoisotopic (exact) mass is 364 g/mol. The average Bonchev–Trinajstić information content (AvgIpc) is 3.08. The minimum absolute atomic E-state index is 0.0148. The fourth-order valence-corrected chi connectivity index (χ4v) is 4.93. The van der Waals surface area contributed by atoms with Crippen LogP contribution in [-0.2, 0) is 9.59 Å². The first-order valence-corrected chi connectivity index (χ1v) is 9.35. The van der Waals surface area contributed by atoms with Crippen LogP contribution in [0, 0.1) is 17.8 Å². The molecular formula is C22H24N2O3. The highest BCUT2D eigenvalue weighted by Crippen LogP contribution is 2.51. The maximum atomic E-state index is 13.4. The lowest BCUT2D eigenvalue weighted by molar-refractivity contribution is -0.124. The molecule has 2 amide bonds. The maximum absolute atomic E-state index is 13.4. The molecule has 2 aliphatic heterocycles. The molecule has 0 aromatic heterocycles. The number of likely N-dealkylation sites (tertiary alicyclic amines) is 1. The minimum Gasteiger partial charge on any atom is -0.508 e. The van der Waals surface area contributed by atoms with Crippen molar-refractivity contribution in [1.82, 2.24) is 4.90 Å². The van der Waals surface area contributed by atoms with Gasteiger partial charge in [-0.1, -0.05) is 44.2 Å². The fourth-order valence-electron chi connectivity index (χ4n) is 4.93. The second-order valence-electron chi connectivity index (χ2n) is 7.84. The van der Waals surface area contributed by atoms with Gasteiger partial charge in [-0.05, 0) is 42.8 Å². The summed E-state index contributed by atoms with van der Waals surface area (Å²) in [6.07, 6.45) is 0. The van der Waals surface area contributed by atoms with Crippen LogP contribution in [0.2, 0.25) is 0 Å². The maximum Gasteiger partial charge on any atom is 0.239 e. The number of phenolic OH excluding ortho intramolecular Hbond substituents is 1. The molecule has 5 heteroatoms. The van der Waals surface area contributed by atoms with Crippen molar-refractivity contribution in [3.63, 3.8) is 0 Å². The van der Waals surface area contributed by atoms with Gasteiger partial charge in [-0.3, -0.25) is 14.5 Å². The van der Waals surface area contributed by atoms with Crippen molar-refractivity contribution in [2.24, 2.45) is 17.8 Å². The molecular weight excluding hydrogens is 340 g/mol. The summed E-state index contributed by atoms with van der Waals surface area (Å²) in [5.41, 5.74) is 1.58. The van der Waals surface area contributed by atoms with Gasteiger partial charge in [0.25, 0.3) is 0 Å². The number of carbonyl (C=O) groups is 2.